The number of nitrogens with zero attached hydrogens (tertiary/aromatic N) is 1. The van der Waals surface area contributed by atoms with Crippen LogP contribution in [-0.4, -0.2) is 8.42 Å². The average Bonchev–Trinajstić information content (AvgIpc) is 2.46. The highest BCUT2D eigenvalue weighted by Gasteiger charge is 2.18. The van der Waals surface area contributed by atoms with Crippen molar-refractivity contribution >= 4 is 21.4 Å². The third kappa shape index (κ3) is 3.33. The van der Waals surface area contributed by atoms with Crippen LogP contribution in [0.5, 0.6) is 0 Å². The number of anilines is 2. The van der Waals surface area contributed by atoms with Crippen LogP contribution in [0.15, 0.2) is 47.4 Å². The Morgan fingerprint density at radius 3 is 2.62 bits per heavy atom. The number of sulfonamides is 1. The Morgan fingerprint density at radius 1 is 1.24 bits per heavy atom. The van der Waals surface area contributed by atoms with Crippen molar-refractivity contribution in [3.8, 4) is 6.07 Å². The molecular formula is C15H15N3O2S. The first-order valence-electron chi connectivity index (χ1n) is 6.37. The van der Waals surface area contributed by atoms with Crippen LogP contribution in [0.4, 0.5) is 11.4 Å². The van der Waals surface area contributed by atoms with Gasteiger partial charge in [0.2, 0.25) is 0 Å². The Bertz CT molecular complexity index is 808. The van der Waals surface area contributed by atoms with Crippen molar-refractivity contribution < 1.29 is 8.42 Å². The summed E-state index contributed by atoms with van der Waals surface area (Å²) < 4.78 is 27.2. The highest BCUT2D eigenvalue weighted by molar-refractivity contribution is 7.92. The monoisotopic (exact) mass is 301 g/mol. The predicted molar refractivity (Wildman–Crippen MR) is 82.2 cm³/mol. The van der Waals surface area contributed by atoms with Crippen molar-refractivity contribution in [1.29, 1.82) is 5.26 Å². The molecule has 0 heterocycles. The molecule has 0 amide bonds. The third-order valence-corrected chi connectivity index (χ3v) is 4.47. The number of nitriles is 1. The summed E-state index contributed by atoms with van der Waals surface area (Å²) >= 11 is 0. The summed E-state index contributed by atoms with van der Waals surface area (Å²) in [6.45, 7) is 1.99. The minimum atomic E-state index is -3.78. The standard InChI is InChI=1S/C15H15N3O2S/c1-2-11-4-3-5-13(8-11)18-21(19,20)15-7-6-12(10-16)9-14(15)17/h3-9,18H,2,17H2,1H3. The van der Waals surface area contributed by atoms with Gasteiger partial charge in [0.05, 0.1) is 17.3 Å². The fourth-order valence-electron chi connectivity index (χ4n) is 1.93. The second-order valence-electron chi connectivity index (χ2n) is 4.52. The van der Waals surface area contributed by atoms with Crippen molar-refractivity contribution in [3.05, 3.63) is 53.6 Å². The van der Waals surface area contributed by atoms with Gasteiger partial charge in [0, 0.05) is 5.69 Å². The molecule has 3 N–H and O–H groups in total. The number of benzene rings is 2. The zero-order valence-electron chi connectivity index (χ0n) is 11.5. The number of hydrogen-bond donors (Lipinski definition) is 2. The SMILES string of the molecule is CCc1cccc(NS(=O)(=O)c2ccc(C#N)cc2N)c1. The van der Waals surface area contributed by atoms with Gasteiger partial charge in [-0.3, -0.25) is 4.72 Å². The lowest BCUT2D eigenvalue weighted by Gasteiger charge is -2.11. The Morgan fingerprint density at radius 2 is 2.00 bits per heavy atom. The summed E-state index contributed by atoms with van der Waals surface area (Å²) in [5, 5.41) is 8.78. The van der Waals surface area contributed by atoms with E-state index in [2.05, 4.69) is 4.72 Å². The summed E-state index contributed by atoms with van der Waals surface area (Å²) in [6, 6.07) is 13.2. The van der Waals surface area contributed by atoms with E-state index in [0.717, 1.165) is 12.0 Å². The van der Waals surface area contributed by atoms with Crippen molar-refractivity contribution in [2.24, 2.45) is 0 Å². The number of nitrogen functional groups attached to an aromatic ring is 1. The summed E-state index contributed by atoms with van der Waals surface area (Å²) in [5.41, 5.74) is 7.61. The molecule has 21 heavy (non-hydrogen) atoms. The van der Waals surface area contributed by atoms with Gasteiger partial charge in [0.1, 0.15) is 4.90 Å². The van der Waals surface area contributed by atoms with Crippen LogP contribution in [0.1, 0.15) is 18.1 Å². The fourth-order valence-corrected chi connectivity index (χ4v) is 3.09. The summed E-state index contributed by atoms with van der Waals surface area (Å²) in [7, 11) is -3.78. The molecule has 0 saturated heterocycles. The van der Waals surface area contributed by atoms with E-state index in [1.807, 2.05) is 19.1 Å². The minimum Gasteiger partial charge on any atom is -0.398 e. The predicted octanol–water partition coefficient (Wildman–Crippen LogP) is 2.50. The van der Waals surface area contributed by atoms with Gasteiger partial charge in [-0.05, 0) is 42.3 Å². The maximum absolute atomic E-state index is 12.3. The first-order chi connectivity index (χ1) is 9.96. The molecule has 5 nitrogen and oxygen atoms in total. The van der Waals surface area contributed by atoms with Crippen molar-refractivity contribution in [2.75, 3.05) is 10.5 Å². The zero-order chi connectivity index (χ0) is 15.5. The van der Waals surface area contributed by atoms with Crippen LogP contribution < -0.4 is 10.5 Å². The normalized spacial score (nSPS) is 10.9. The molecule has 0 bridgehead atoms. The molecule has 6 heteroatoms. The largest absolute Gasteiger partial charge is 0.398 e. The van der Waals surface area contributed by atoms with Gasteiger partial charge in [-0.2, -0.15) is 5.26 Å². The number of nitrogens with two attached hydrogens (primary N) is 1. The summed E-state index contributed by atoms with van der Waals surface area (Å²) in [5.74, 6) is 0. The molecule has 2 aromatic carbocycles. The Hall–Kier alpha value is -2.52. The van der Waals surface area contributed by atoms with E-state index in [9.17, 15) is 8.42 Å². The Labute approximate surface area is 124 Å². The van der Waals surface area contributed by atoms with E-state index in [0.29, 0.717) is 11.3 Å². The van der Waals surface area contributed by atoms with E-state index in [1.54, 1.807) is 18.2 Å². The van der Waals surface area contributed by atoms with E-state index in [-0.39, 0.29) is 10.6 Å². The van der Waals surface area contributed by atoms with Gasteiger partial charge in [0.25, 0.3) is 10.0 Å². The Balaban J connectivity index is 2.36. The van der Waals surface area contributed by atoms with Gasteiger partial charge in [-0.1, -0.05) is 19.1 Å². The second-order valence-corrected chi connectivity index (χ2v) is 6.17. The van der Waals surface area contributed by atoms with Gasteiger partial charge in [0.15, 0.2) is 0 Å². The van der Waals surface area contributed by atoms with E-state index in [4.69, 9.17) is 11.0 Å². The molecule has 0 aliphatic rings. The molecule has 108 valence electrons. The maximum atomic E-state index is 12.3. The second kappa shape index (κ2) is 5.85. The van der Waals surface area contributed by atoms with E-state index in [1.165, 1.54) is 18.2 Å². The molecule has 0 saturated carbocycles. The quantitative estimate of drug-likeness (QED) is 0.848. The highest BCUT2D eigenvalue weighted by atomic mass is 32.2. The number of rotatable bonds is 4. The lowest BCUT2D eigenvalue weighted by Crippen LogP contribution is -2.15. The maximum Gasteiger partial charge on any atom is 0.263 e. The topological polar surface area (TPSA) is 96.0 Å². The molecule has 0 unspecified atom stereocenters. The van der Waals surface area contributed by atoms with Gasteiger partial charge in [-0.15, -0.1) is 0 Å². The Kier molecular flexibility index (Phi) is 4.15. The van der Waals surface area contributed by atoms with Gasteiger partial charge >= 0.3 is 0 Å². The molecule has 0 atom stereocenters. The van der Waals surface area contributed by atoms with Crippen LogP contribution >= 0.6 is 0 Å². The number of nitrogens with one attached hydrogen (secondary N) is 1. The van der Waals surface area contributed by atoms with Crippen molar-refractivity contribution in [2.45, 2.75) is 18.2 Å². The molecule has 2 rings (SSSR count). The van der Waals surface area contributed by atoms with Crippen LogP contribution in [0.2, 0.25) is 0 Å². The minimum absolute atomic E-state index is 0.0385. The molecule has 0 aromatic heterocycles. The number of aryl methyl sites for hydroxylation is 1. The molecule has 0 aliphatic carbocycles. The molecule has 0 fully saturated rings. The van der Waals surface area contributed by atoms with Crippen molar-refractivity contribution in [3.63, 3.8) is 0 Å². The molecule has 0 spiro atoms. The molecule has 2 aromatic rings. The van der Waals surface area contributed by atoms with Crippen LogP contribution in [0.25, 0.3) is 0 Å². The van der Waals surface area contributed by atoms with E-state index >= 15 is 0 Å². The fraction of sp³-hybridized carbons (Fsp3) is 0.133. The van der Waals surface area contributed by atoms with Crippen LogP contribution in [0, 0.1) is 11.3 Å². The first-order valence-corrected chi connectivity index (χ1v) is 7.86. The summed E-state index contributed by atoms with van der Waals surface area (Å²) in [6.07, 6.45) is 0.814. The zero-order valence-corrected chi connectivity index (χ0v) is 12.3. The lowest BCUT2D eigenvalue weighted by molar-refractivity contribution is 0.601. The van der Waals surface area contributed by atoms with Crippen LogP contribution in [-0.2, 0) is 16.4 Å². The number of hydrogen-bond acceptors (Lipinski definition) is 4. The molecular weight excluding hydrogens is 286 g/mol. The summed E-state index contributed by atoms with van der Waals surface area (Å²) in [4.78, 5) is -0.0385. The van der Waals surface area contributed by atoms with E-state index < -0.39 is 10.0 Å². The van der Waals surface area contributed by atoms with Crippen LogP contribution in [0.3, 0.4) is 0 Å². The van der Waals surface area contributed by atoms with Gasteiger partial charge in [-0.25, -0.2) is 8.42 Å². The first kappa shape index (κ1) is 14.9. The smallest absolute Gasteiger partial charge is 0.263 e. The van der Waals surface area contributed by atoms with Gasteiger partial charge < -0.3 is 5.73 Å². The lowest BCUT2D eigenvalue weighted by atomic mass is 10.1. The highest BCUT2D eigenvalue weighted by Crippen LogP contribution is 2.23. The third-order valence-electron chi connectivity index (χ3n) is 3.02. The molecule has 0 radical (unpaired) electrons. The van der Waals surface area contributed by atoms with Crippen molar-refractivity contribution in [1.82, 2.24) is 0 Å². The average molecular weight is 301 g/mol. The molecule has 0 aliphatic heterocycles.